The van der Waals surface area contributed by atoms with Crippen LogP contribution in [0.1, 0.15) is 34.0 Å². The smallest absolute Gasteiger partial charge is 0.259 e. The SMILES string of the molecule is CCN1c2ncc(CCOc3ccc4c(c3)CNS4(=O)=O)cc2C(=O)Nc2c(C)cc(F)nc21. The second-order valence-corrected chi connectivity index (χ2v) is 9.80. The zero-order valence-electron chi connectivity index (χ0n) is 18.6. The normalized spacial score (nSPS) is 15.7. The molecule has 2 aliphatic heterocycles. The molecule has 2 aromatic heterocycles. The molecule has 0 bridgehead atoms. The van der Waals surface area contributed by atoms with Crippen LogP contribution in [0.2, 0.25) is 0 Å². The number of anilines is 3. The lowest BCUT2D eigenvalue weighted by Crippen LogP contribution is -2.20. The number of hydrogen-bond donors (Lipinski definition) is 2. The number of hydrogen-bond acceptors (Lipinski definition) is 7. The van der Waals surface area contributed by atoms with Crippen molar-refractivity contribution < 1.29 is 22.3 Å². The minimum atomic E-state index is -3.42. The summed E-state index contributed by atoms with van der Waals surface area (Å²) in [5, 5.41) is 2.84. The van der Waals surface area contributed by atoms with Crippen molar-refractivity contribution in [1.29, 1.82) is 0 Å². The summed E-state index contributed by atoms with van der Waals surface area (Å²) in [5.41, 5.74) is 2.86. The first-order valence-electron chi connectivity index (χ1n) is 10.8. The van der Waals surface area contributed by atoms with E-state index in [1.807, 2.05) is 6.92 Å². The molecular weight excluding hydrogens is 461 g/mol. The predicted molar refractivity (Wildman–Crippen MR) is 123 cm³/mol. The molecule has 0 unspecified atom stereocenters. The highest BCUT2D eigenvalue weighted by Crippen LogP contribution is 2.37. The molecule has 11 heteroatoms. The van der Waals surface area contributed by atoms with Crippen LogP contribution in [-0.2, 0) is 23.0 Å². The van der Waals surface area contributed by atoms with Crippen molar-refractivity contribution in [2.75, 3.05) is 23.4 Å². The van der Waals surface area contributed by atoms with Gasteiger partial charge in [-0.15, -0.1) is 0 Å². The maximum absolute atomic E-state index is 14.0. The molecule has 2 N–H and O–H groups in total. The third-order valence-corrected chi connectivity index (χ3v) is 7.34. The number of pyridine rings is 2. The standard InChI is InChI=1S/C23H22FN5O4S/c1-3-29-21-17(23(30)28-20-13(2)8-19(24)27-22(20)29)9-14(11-25-21)6-7-33-16-4-5-18-15(10-16)12-26-34(18,31)32/h4-5,8-11,26H,3,6-7,12H2,1-2H3,(H,28,30). The van der Waals surface area contributed by atoms with Crippen LogP contribution in [0.15, 0.2) is 41.4 Å². The molecule has 0 aliphatic carbocycles. The Morgan fingerprint density at radius 2 is 2.03 bits per heavy atom. The number of nitrogens with zero attached hydrogens (tertiary/aromatic N) is 3. The van der Waals surface area contributed by atoms with Crippen molar-refractivity contribution in [1.82, 2.24) is 14.7 Å². The average Bonchev–Trinajstić information content (AvgIpc) is 3.04. The van der Waals surface area contributed by atoms with Crippen LogP contribution in [0.25, 0.3) is 0 Å². The Hall–Kier alpha value is -3.57. The number of carbonyl (C=O) groups is 1. The van der Waals surface area contributed by atoms with E-state index in [1.54, 1.807) is 36.2 Å². The number of aromatic nitrogens is 2. The van der Waals surface area contributed by atoms with Gasteiger partial charge in [0.1, 0.15) is 11.6 Å². The van der Waals surface area contributed by atoms with Crippen LogP contribution in [0.4, 0.5) is 21.7 Å². The number of benzene rings is 1. The van der Waals surface area contributed by atoms with Gasteiger partial charge >= 0.3 is 0 Å². The largest absolute Gasteiger partial charge is 0.493 e. The minimum absolute atomic E-state index is 0.243. The summed E-state index contributed by atoms with van der Waals surface area (Å²) in [6.45, 7) is 4.60. The Labute approximate surface area is 196 Å². The molecule has 176 valence electrons. The third kappa shape index (κ3) is 3.86. The average molecular weight is 484 g/mol. The first-order chi connectivity index (χ1) is 16.3. The highest BCUT2D eigenvalue weighted by molar-refractivity contribution is 7.89. The molecule has 0 fully saturated rings. The molecule has 2 aliphatic rings. The van der Waals surface area contributed by atoms with Crippen molar-refractivity contribution in [2.45, 2.75) is 31.7 Å². The maximum Gasteiger partial charge on any atom is 0.259 e. The molecule has 3 aromatic rings. The second-order valence-electron chi connectivity index (χ2n) is 8.07. The van der Waals surface area contributed by atoms with Crippen molar-refractivity contribution in [3.05, 3.63) is 64.7 Å². The van der Waals surface area contributed by atoms with Gasteiger partial charge in [0.25, 0.3) is 5.91 Å². The monoisotopic (exact) mass is 483 g/mol. The topological polar surface area (TPSA) is 114 Å². The van der Waals surface area contributed by atoms with Crippen molar-refractivity contribution >= 4 is 33.3 Å². The number of rotatable bonds is 5. The van der Waals surface area contributed by atoms with Crippen molar-refractivity contribution in [2.24, 2.45) is 0 Å². The van der Waals surface area contributed by atoms with E-state index in [2.05, 4.69) is 20.0 Å². The molecule has 1 amide bonds. The summed E-state index contributed by atoms with van der Waals surface area (Å²) in [6.07, 6.45) is 2.14. The highest BCUT2D eigenvalue weighted by Gasteiger charge is 2.29. The second kappa shape index (κ2) is 8.33. The van der Waals surface area contributed by atoms with Crippen LogP contribution in [0.3, 0.4) is 0 Å². The van der Waals surface area contributed by atoms with E-state index in [-0.39, 0.29) is 17.3 Å². The van der Waals surface area contributed by atoms with Gasteiger partial charge in [-0.05, 0) is 60.9 Å². The number of ether oxygens (including phenoxy) is 1. The fourth-order valence-corrected chi connectivity index (χ4v) is 5.37. The fraction of sp³-hybridized carbons (Fsp3) is 0.261. The molecule has 0 spiro atoms. The number of halogens is 1. The van der Waals surface area contributed by atoms with Gasteiger partial charge in [-0.1, -0.05) is 0 Å². The molecule has 0 radical (unpaired) electrons. The number of nitrogens with one attached hydrogen (secondary N) is 2. The molecular formula is C23H22FN5O4S. The van der Waals surface area contributed by atoms with Crippen LogP contribution in [-0.4, -0.2) is 37.4 Å². The summed E-state index contributed by atoms with van der Waals surface area (Å²) in [4.78, 5) is 23.5. The van der Waals surface area contributed by atoms with E-state index in [0.717, 1.165) is 5.56 Å². The van der Waals surface area contributed by atoms with E-state index in [0.29, 0.717) is 59.3 Å². The fourth-order valence-electron chi connectivity index (χ4n) is 4.15. The number of amides is 1. The summed E-state index contributed by atoms with van der Waals surface area (Å²) in [7, 11) is -3.42. The molecule has 0 atom stereocenters. The lowest BCUT2D eigenvalue weighted by atomic mass is 10.1. The summed E-state index contributed by atoms with van der Waals surface area (Å²) in [6, 6.07) is 7.89. The van der Waals surface area contributed by atoms with Gasteiger partial charge in [0.15, 0.2) is 5.82 Å². The van der Waals surface area contributed by atoms with Gasteiger partial charge in [-0.25, -0.2) is 18.1 Å². The van der Waals surface area contributed by atoms with Crippen LogP contribution >= 0.6 is 0 Å². The minimum Gasteiger partial charge on any atom is -0.493 e. The number of aryl methyl sites for hydroxylation is 1. The summed E-state index contributed by atoms with van der Waals surface area (Å²) < 4.78 is 46.0. The van der Waals surface area contributed by atoms with Crippen molar-refractivity contribution in [3.8, 4) is 5.75 Å². The molecule has 4 heterocycles. The highest BCUT2D eigenvalue weighted by atomic mass is 32.2. The van der Waals surface area contributed by atoms with Crippen molar-refractivity contribution in [3.63, 3.8) is 0 Å². The van der Waals surface area contributed by atoms with Crippen LogP contribution in [0.5, 0.6) is 5.75 Å². The maximum atomic E-state index is 14.0. The summed E-state index contributed by atoms with van der Waals surface area (Å²) >= 11 is 0. The van der Waals surface area contributed by atoms with E-state index in [9.17, 15) is 17.6 Å². The van der Waals surface area contributed by atoms with Crippen LogP contribution < -0.4 is 19.7 Å². The van der Waals surface area contributed by atoms with Gasteiger partial charge < -0.3 is 15.0 Å². The Balaban J connectivity index is 1.36. The molecule has 9 nitrogen and oxygen atoms in total. The van der Waals surface area contributed by atoms with Gasteiger partial charge in [0, 0.05) is 25.7 Å². The van der Waals surface area contributed by atoms with E-state index in [1.165, 1.54) is 12.1 Å². The number of carbonyl (C=O) groups excluding carboxylic acids is 1. The first-order valence-corrected chi connectivity index (χ1v) is 12.3. The quantitative estimate of drug-likeness (QED) is 0.536. The molecule has 34 heavy (non-hydrogen) atoms. The Morgan fingerprint density at radius 1 is 1.21 bits per heavy atom. The van der Waals surface area contributed by atoms with Gasteiger partial charge in [-0.2, -0.15) is 9.37 Å². The van der Waals surface area contributed by atoms with Gasteiger partial charge in [-0.3, -0.25) is 4.79 Å². The Morgan fingerprint density at radius 3 is 2.82 bits per heavy atom. The predicted octanol–water partition coefficient (Wildman–Crippen LogP) is 3.06. The van der Waals surface area contributed by atoms with Gasteiger partial charge in [0.05, 0.1) is 22.8 Å². The van der Waals surface area contributed by atoms with E-state index in [4.69, 9.17) is 4.74 Å². The Kier molecular flexibility index (Phi) is 5.45. The Bertz CT molecular complexity index is 1430. The molecule has 1 aromatic carbocycles. The molecule has 0 saturated heterocycles. The summed E-state index contributed by atoms with van der Waals surface area (Å²) in [5.74, 6) is 0.332. The molecule has 0 saturated carbocycles. The zero-order valence-corrected chi connectivity index (χ0v) is 19.4. The molecule has 5 rings (SSSR count). The lowest BCUT2D eigenvalue weighted by molar-refractivity contribution is 0.102. The van der Waals surface area contributed by atoms with E-state index >= 15 is 0 Å². The van der Waals surface area contributed by atoms with E-state index < -0.39 is 16.0 Å². The number of sulfonamides is 1. The zero-order chi connectivity index (χ0) is 24.0. The first kappa shape index (κ1) is 22.2. The number of fused-ring (bicyclic) bond motifs is 3. The van der Waals surface area contributed by atoms with Crippen LogP contribution in [0, 0.1) is 12.9 Å². The lowest BCUT2D eigenvalue weighted by Gasteiger charge is -2.22. The van der Waals surface area contributed by atoms with Gasteiger partial charge in [0.2, 0.25) is 16.0 Å². The third-order valence-electron chi connectivity index (χ3n) is 5.83.